The second-order valence-electron chi connectivity index (χ2n) is 5.32. The molecule has 0 rings (SSSR count). The highest BCUT2D eigenvalue weighted by Gasteiger charge is 2.24. The molecule has 0 saturated heterocycles. The molecule has 0 aromatic rings. The van der Waals surface area contributed by atoms with Crippen LogP contribution in [0, 0.1) is 0 Å². The summed E-state index contributed by atoms with van der Waals surface area (Å²) in [6.45, 7) is 1.60. The summed E-state index contributed by atoms with van der Waals surface area (Å²) in [4.78, 5) is 23.6. The Morgan fingerprint density at radius 2 is 1.45 bits per heavy atom. The van der Waals surface area contributed by atoms with Gasteiger partial charge in [0, 0.05) is 18.9 Å². The molecule has 0 aliphatic rings. The lowest BCUT2D eigenvalue weighted by molar-refractivity contribution is -0.128. The molecule has 0 unspecified atom stereocenters. The molecule has 0 aromatic heterocycles. The average Bonchev–Trinajstić information content (AvgIpc) is 2.37. The molecule has 3 N–H and O–H groups in total. The maximum atomic E-state index is 11.9. The number of amides is 1. The molecular formula is C12H24N2O6S2. The summed E-state index contributed by atoms with van der Waals surface area (Å²) >= 11 is 0. The third kappa shape index (κ3) is 9.85. The van der Waals surface area contributed by atoms with E-state index in [1.54, 1.807) is 6.92 Å². The van der Waals surface area contributed by atoms with Crippen LogP contribution in [0.4, 0.5) is 0 Å². The predicted octanol–water partition coefficient (Wildman–Crippen LogP) is -1.35. The van der Waals surface area contributed by atoms with Crippen LogP contribution in [0.2, 0.25) is 0 Å². The molecule has 1 amide bonds. The van der Waals surface area contributed by atoms with Crippen LogP contribution in [-0.4, -0.2) is 64.6 Å². The lowest BCUT2D eigenvalue weighted by Gasteiger charge is -2.19. The molecular weight excluding hydrogens is 332 g/mol. The van der Waals surface area contributed by atoms with Gasteiger partial charge in [0.05, 0.1) is 23.6 Å². The SMILES string of the molecule is CCC(=O)[C@H](CCS(C)(=O)=O)NC(=O)[C@@H](N)CCS(C)(=O)=O. The van der Waals surface area contributed by atoms with Crippen LogP contribution in [0.1, 0.15) is 26.2 Å². The maximum absolute atomic E-state index is 11.9. The minimum atomic E-state index is -3.26. The summed E-state index contributed by atoms with van der Waals surface area (Å²) in [6, 6.07) is -2.00. The topological polar surface area (TPSA) is 140 Å². The van der Waals surface area contributed by atoms with Crippen LogP contribution in [0.25, 0.3) is 0 Å². The molecule has 10 heteroatoms. The van der Waals surface area contributed by atoms with Crippen LogP contribution in [0.3, 0.4) is 0 Å². The van der Waals surface area contributed by atoms with Crippen molar-refractivity contribution in [3.05, 3.63) is 0 Å². The van der Waals surface area contributed by atoms with Gasteiger partial charge < -0.3 is 11.1 Å². The van der Waals surface area contributed by atoms with Crippen molar-refractivity contribution in [2.45, 2.75) is 38.3 Å². The largest absolute Gasteiger partial charge is 0.345 e. The highest BCUT2D eigenvalue weighted by Crippen LogP contribution is 2.03. The van der Waals surface area contributed by atoms with Gasteiger partial charge >= 0.3 is 0 Å². The van der Waals surface area contributed by atoms with Crippen LogP contribution < -0.4 is 11.1 Å². The van der Waals surface area contributed by atoms with Gasteiger partial charge in [-0.1, -0.05) is 6.92 Å². The number of carbonyl (C=O) groups excluding carboxylic acids is 2. The van der Waals surface area contributed by atoms with Crippen molar-refractivity contribution < 1.29 is 26.4 Å². The van der Waals surface area contributed by atoms with Gasteiger partial charge in [0.2, 0.25) is 5.91 Å². The molecule has 0 aliphatic carbocycles. The number of sulfone groups is 2. The van der Waals surface area contributed by atoms with Crippen molar-refractivity contribution in [3.63, 3.8) is 0 Å². The summed E-state index contributed by atoms with van der Waals surface area (Å²) in [5.41, 5.74) is 5.59. The van der Waals surface area contributed by atoms with E-state index in [0.29, 0.717) is 0 Å². The Bertz CT molecular complexity index is 597. The van der Waals surface area contributed by atoms with Crippen LogP contribution >= 0.6 is 0 Å². The van der Waals surface area contributed by atoms with Gasteiger partial charge in [-0.3, -0.25) is 9.59 Å². The first-order chi connectivity index (χ1) is 9.85. The van der Waals surface area contributed by atoms with E-state index in [0.717, 1.165) is 12.5 Å². The fourth-order valence-corrected chi connectivity index (χ4v) is 2.99. The van der Waals surface area contributed by atoms with Crippen molar-refractivity contribution in [2.75, 3.05) is 24.0 Å². The van der Waals surface area contributed by atoms with E-state index in [4.69, 9.17) is 5.73 Å². The van der Waals surface area contributed by atoms with Gasteiger partial charge in [0.1, 0.15) is 19.7 Å². The summed E-state index contributed by atoms with van der Waals surface area (Å²) in [5, 5.41) is 2.40. The molecule has 22 heavy (non-hydrogen) atoms. The number of ketones is 1. The van der Waals surface area contributed by atoms with E-state index in [1.165, 1.54) is 0 Å². The Kier molecular flexibility index (Phi) is 8.19. The first kappa shape index (κ1) is 21.0. The predicted molar refractivity (Wildman–Crippen MR) is 83.9 cm³/mol. The normalized spacial score (nSPS) is 15.1. The van der Waals surface area contributed by atoms with E-state index < -0.39 is 37.7 Å². The van der Waals surface area contributed by atoms with Gasteiger partial charge in [-0.2, -0.15) is 0 Å². The molecule has 0 radical (unpaired) electrons. The number of rotatable bonds is 10. The maximum Gasteiger partial charge on any atom is 0.237 e. The molecule has 0 heterocycles. The zero-order valence-corrected chi connectivity index (χ0v) is 14.7. The van der Waals surface area contributed by atoms with E-state index in [2.05, 4.69) is 5.32 Å². The summed E-state index contributed by atoms with van der Waals surface area (Å²) < 4.78 is 44.4. The third-order valence-corrected chi connectivity index (χ3v) is 4.92. The van der Waals surface area contributed by atoms with Gasteiger partial charge in [-0.05, 0) is 12.8 Å². The van der Waals surface area contributed by atoms with Crippen LogP contribution in [0.5, 0.6) is 0 Å². The molecule has 130 valence electrons. The van der Waals surface area contributed by atoms with Crippen molar-refractivity contribution in [3.8, 4) is 0 Å². The van der Waals surface area contributed by atoms with Crippen molar-refractivity contribution in [1.82, 2.24) is 5.32 Å². The lowest BCUT2D eigenvalue weighted by Crippen LogP contribution is -2.49. The molecule has 0 spiro atoms. The Morgan fingerprint density at radius 3 is 1.86 bits per heavy atom. The Hall–Kier alpha value is -1.00. The standard InChI is InChI=1S/C12H24N2O6S2/c1-4-11(15)10(6-8-22(3,19)20)14-12(16)9(13)5-7-21(2,17)18/h9-10H,4-8,13H2,1-3H3,(H,14,16)/t9-,10-/m0/s1. The smallest absolute Gasteiger partial charge is 0.237 e. The number of Topliss-reactive ketones (excluding diaryl/α,β-unsaturated/α-hetero) is 1. The first-order valence-electron chi connectivity index (χ1n) is 6.80. The summed E-state index contributed by atoms with van der Waals surface area (Å²) in [7, 11) is -6.50. The zero-order chi connectivity index (χ0) is 17.6. The van der Waals surface area contributed by atoms with Gasteiger partial charge in [-0.15, -0.1) is 0 Å². The monoisotopic (exact) mass is 356 g/mol. The molecule has 0 saturated carbocycles. The molecule has 0 bridgehead atoms. The summed E-state index contributed by atoms with van der Waals surface area (Å²) in [5.74, 6) is -1.43. The number of nitrogens with one attached hydrogen (secondary N) is 1. The Morgan fingerprint density at radius 1 is 1.00 bits per heavy atom. The number of hydrogen-bond acceptors (Lipinski definition) is 7. The van der Waals surface area contributed by atoms with Gasteiger partial charge in [0.25, 0.3) is 0 Å². The number of nitrogens with two attached hydrogens (primary N) is 1. The molecule has 2 atom stereocenters. The van der Waals surface area contributed by atoms with Gasteiger partial charge in [0.15, 0.2) is 5.78 Å². The van der Waals surface area contributed by atoms with Crippen LogP contribution in [0.15, 0.2) is 0 Å². The fraction of sp³-hybridized carbons (Fsp3) is 0.833. The quantitative estimate of drug-likeness (QED) is 0.493. The average molecular weight is 356 g/mol. The lowest BCUT2D eigenvalue weighted by atomic mass is 10.1. The highest BCUT2D eigenvalue weighted by atomic mass is 32.2. The van der Waals surface area contributed by atoms with E-state index in [-0.39, 0.29) is 36.6 Å². The second-order valence-corrected chi connectivity index (χ2v) is 9.84. The highest BCUT2D eigenvalue weighted by molar-refractivity contribution is 7.90. The number of carbonyl (C=O) groups is 2. The molecule has 0 aromatic carbocycles. The molecule has 8 nitrogen and oxygen atoms in total. The van der Waals surface area contributed by atoms with Crippen molar-refractivity contribution >= 4 is 31.4 Å². The van der Waals surface area contributed by atoms with Crippen molar-refractivity contribution in [1.29, 1.82) is 0 Å². The van der Waals surface area contributed by atoms with E-state index in [1.807, 2.05) is 0 Å². The summed E-state index contributed by atoms with van der Waals surface area (Å²) in [6.07, 6.45) is 2.13. The van der Waals surface area contributed by atoms with Crippen molar-refractivity contribution in [2.24, 2.45) is 5.73 Å². The minimum absolute atomic E-state index is 0.0317. The molecule has 0 fully saturated rings. The Labute approximate surface area is 131 Å². The van der Waals surface area contributed by atoms with Crippen LogP contribution in [-0.2, 0) is 29.3 Å². The third-order valence-electron chi connectivity index (χ3n) is 2.97. The molecule has 0 aliphatic heterocycles. The fourth-order valence-electron chi connectivity index (χ4n) is 1.64. The first-order valence-corrected chi connectivity index (χ1v) is 10.9. The Balaban J connectivity index is 4.70. The van der Waals surface area contributed by atoms with E-state index in [9.17, 15) is 26.4 Å². The zero-order valence-electron chi connectivity index (χ0n) is 13.0. The number of hydrogen-bond donors (Lipinski definition) is 2. The second kappa shape index (κ2) is 8.59. The minimum Gasteiger partial charge on any atom is -0.345 e. The van der Waals surface area contributed by atoms with E-state index >= 15 is 0 Å². The van der Waals surface area contributed by atoms with Gasteiger partial charge in [-0.25, -0.2) is 16.8 Å².